The zero-order chi connectivity index (χ0) is 23.8. The molecule has 34 heavy (non-hydrogen) atoms. The fraction of sp³-hybridized carbons (Fsp3) is 0.0741. The number of nitrogens with zero attached hydrogens (tertiary/aromatic N) is 1. The molecule has 170 valence electrons. The van der Waals surface area contributed by atoms with Gasteiger partial charge in [0.2, 0.25) is 0 Å². The summed E-state index contributed by atoms with van der Waals surface area (Å²) in [6.07, 6.45) is 1.46. The SMILES string of the molecule is COc1ccc(C(=O)Oc2cccc(/C=N/NC(=O)COc3ccc4ccccc4c3)c2)cc1. The zero-order valence-electron chi connectivity index (χ0n) is 18.4. The quantitative estimate of drug-likeness (QED) is 0.182. The van der Waals surface area contributed by atoms with E-state index >= 15 is 0 Å². The number of nitrogens with one attached hydrogen (secondary N) is 1. The number of hydrogen-bond donors (Lipinski definition) is 1. The number of carbonyl (C=O) groups is 2. The van der Waals surface area contributed by atoms with Crippen LogP contribution in [-0.2, 0) is 4.79 Å². The number of hydrazone groups is 1. The molecule has 0 unspecified atom stereocenters. The van der Waals surface area contributed by atoms with Crippen molar-refractivity contribution in [2.45, 2.75) is 0 Å². The van der Waals surface area contributed by atoms with Crippen LogP contribution >= 0.6 is 0 Å². The summed E-state index contributed by atoms with van der Waals surface area (Å²) in [6.45, 7) is -0.171. The van der Waals surface area contributed by atoms with Gasteiger partial charge in [0.1, 0.15) is 17.2 Å². The molecular weight excluding hydrogens is 432 g/mol. The lowest BCUT2D eigenvalue weighted by molar-refractivity contribution is -0.123. The summed E-state index contributed by atoms with van der Waals surface area (Å²) in [4.78, 5) is 24.4. The molecule has 4 aromatic rings. The van der Waals surface area contributed by atoms with Crippen LogP contribution in [0.1, 0.15) is 15.9 Å². The molecule has 0 aliphatic rings. The highest BCUT2D eigenvalue weighted by Gasteiger charge is 2.09. The second-order valence-corrected chi connectivity index (χ2v) is 7.28. The Morgan fingerprint density at radius 2 is 1.59 bits per heavy atom. The van der Waals surface area contributed by atoms with E-state index in [0.29, 0.717) is 28.4 Å². The summed E-state index contributed by atoms with van der Waals surface area (Å²) in [5.74, 6) is 0.724. The van der Waals surface area contributed by atoms with E-state index in [4.69, 9.17) is 14.2 Å². The van der Waals surface area contributed by atoms with Crippen LogP contribution in [0.4, 0.5) is 0 Å². The van der Waals surface area contributed by atoms with Gasteiger partial charge in [-0.2, -0.15) is 5.10 Å². The zero-order valence-corrected chi connectivity index (χ0v) is 18.4. The summed E-state index contributed by atoms with van der Waals surface area (Å²) in [5.41, 5.74) is 3.47. The lowest BCUT2D eigenvalue weighted by Gasteiger charge is -2.07. The highest BCUT2D eigenvalue weighted by atomic mass is 16.5. The van der Waals surface area contributed by atoms with E-state index in [1.165, 1.54) is 6.21 Å². The third-order valence-corrected chi connectivity index (χ3v) is 4.89. The van der Waals surface area contributed by atoms with Crippen LogP contribution in [0.5, 0.6) is 17.2 Å². The average molecular weight is 454 g/mol. The molecular formula is C27H22N2O5. The van der Waals surface area contributed by atoms with Crippen molar-refractivity contribution in [1.82, 2.24) is 5.43 Å². The molecule has 0 bridgehead atoms. The van der Waals surface area contributed by atoms with Gasteiger partial charge in [0.15, 0.2) is 6.61 Å². The minimum absolute atomic E-state index is 0.171. The van der Waals surface area contributed by atoms with Gasteiger partial charge >= 0.3 is 5.97 Å². The Kier molecular flexibility index (Phi) is 7.15. The lowest BCUT2D eigenvalue weighted by atomic mass is 10.1. The average Bonchev–Trinajstić information content (AvgIpc) is 2.87. The largest absolute Gasteiger partial charge is 0.497 e. The highest BCUT2D eigenvalue weighted by molar-refractivity contribution is 5.91. The molecule has 0 aromatic heterocycles. The van der Waals surface area contributed by atoms with Crippen molar-refractivity contribution in [2.24, 2.45) is 5.10 Å². The van der Waals surface area contributed by atoms with E-state index in [1.807, 2.05) is 42.5 Å². The third kappa shape index (κ3) is 5.98. The predicted octanol–water partition coefficient (Wildman–Crippen LogP) is 4.60. The normalized spacial score (nSPS) is 10.7. The molecule has 0 saturated carbocycles. The van der Waals surface area contributed by atoms with Gasteiger partial charge in [-0.05, 0) is 64.9 Å². The fourth-order valence-corrected chi connectivity index (χ4v) is 3.17. The van der Waals surface area contributed by atoms with Crippen LogP contribution in [0.3, 0.4) is 0 Å². The summed E-state index contributed by atoms with van der Waals surface area (Å²) in [6, 6.07) is 27.0. The molecule has 0 fully saturated rings. The fourth-order valence-electron chi connectivity index (χ4n) is 3.17. The standard InChI is InChI=1S/C27H22N2O5/c1-32-23-12-10-21(11-13-23)27(31)34-25-8-4-5-19(15-25)17-28-29-26(30)18-33-24-14-9-20-6-2-3-7-22(20)16-24/h2-17H,18H2,1H3,(H,29,30)/b28-17+. The number of amides is 1. The van der Waals surface area contributed by atoms with E-state index in [9.17, 15) is 9.59 Å². The first-order valence-corrected chi connectivity index (χ1v) is 10.5. The number of fused-ring (bicyclic) bond motifs is 1. The second-order valence-electron chi connectivity index (χ2n) is 7.28. The van der Waals surface area contributed by atoms with Gasteiger partial charge in [-0.3, -0.25) is 4.79 Å². The third-order valence-electron chi connectivity index (χ3n) is 4.89. The Morgan fingerprint density at radius 1 is 0.824 bits per heavy atom. The molecule has 0 heterocycles. The van der Waals surface area contributed by atoms with Crippen molar-refractivity contribution in [1.29, 1.82) is 0 Å². The van der Waals surface area contributed by atoms with Crippen molar-refractivity contribution in [2.75, 3.05) is 13.7 Å². The Hall–Kier alpha value is -4.65. The minimum Gasteiger partial charge on any atom is -0.497 e. The summed E-state index contributed by atoms with van der Waals surface area (Å²) in [5, 5.41) is 6.07. The first kappa shape index (κ1) is 22.5. The first-order chi connectivity index (χ1) is 16.6. The van der Waals surface area contributed by atoms with Gasteiger partial charge in [-0.25, -0.2) is 10.2 Å². The topological polar surface area (TPSA) is 86.2 Å². The Labute approximate surface area is 196 Å². The second kappa shape index (κ2) is 10.8. The molecule has 0 atom stereocenters. The summed E-state index contributed by atoms with van der Waals surface area (Å²) < 4.78 is 16.0. The smallest absolute Gasteiger partial charge is 0.343 e. The van der Waals surface area contributed by atoms with E-state index in [2.05, 4.69) is 10.5 Å². The van der Waals surface area contributed by atoms with Gasteiger partial charge in [-0.15, -0.1) is 0 Å². The van der Waals surface area contributed by atoms with Crippen LogP contribution < -0.4 is 19.6 Å². The maximum Gasteiger partial charge on any atom is 0.343 e. The molecule has 0 aliphatic heterocycles. The molecule has 4 rings (SSSR count). The van der Waals surface area contributed by atoms with Crippen LogP contribution in [0.15, 0.2) is 96.1 Å². The molecule has 7 heteroatoms. The Bertz CT molecular complexity index is 1330. The van der Waals surface area contributed by atoms with Gasteiger partial charge in [-0.1, -0.05) is 42.5 Å². The number of carbonyl (C=O) groups excluding carboxylic acids is 2. The predicted molar refractivity (Wildman–Crippen MR) is 130 cm³/mol. The van der Waals surface area contributed by atoms with Crippen molar-refractivity contribution >= 4 is 28.9 Å². The van der Waals surface area contributed by atoms with Gasteiger partial charge in [0.25, 0.3) is 5.91 Å². The number of methoxy groups -OCH3 is 1. The Balaban J connectivity index is 1.28. The molecule has 0 radical (unpaired) electrons. The van der Waals surface area contributed by atoms with E-state index in [-0.39, 0.29) is 6.61 Å². The van der Waals surface area contributed by atoms with Crippen molar-refractivity contribution in [3.63, 3.8) is 0 Å². The van der Waals surface area contributed by atoms with Gasteiger partial charge < -0.3 is 14.2 Å². The molecule has 0 saturated heterocycles. The lowest BCUT2D eigenvalue weighted by Crippen LogP contribution is -2.24. The Morgan fingerprint density at radius 3 is 2.38 bits per heavy atom. The number of hydrogen-bond acceptors (Lipinski definition) is 6. The van der Waals surface area contributed by atoms with Crippen molar-refractivity contribution in [3.8, 4) is 17.2 Å². The number of rotatable bonds is 8. The number of benzene rings is 4. The molecule has 1 N–H and O–H groups in total. The molecule has 0 spiro atoms. The minimum atomic E-state index is -0.490. The van der Waals surface area contributed by atoms with E-state index < -0.39 is 11.9 Å². The maximum absolute atomic E-state index is 12.3. The molecule has 7 nitrogen and oxygen atoms in total. The summed E-state index contributed by atoms with van der Waals surface area (Å²) >= 11 is 0. The molecule has 0 aliphatic carbocycles. The first-order valence-electron chi connectivity index (χ1n) is 10.5. The van der Waals surface area contributed by atoms with Crippen LogP contribution in [0.2, 0.25) is 0 Å². The van der Waals surface area contributed by atoms with Gasteiger partial charge in [0, 0.05) is 0 Å². The van der Waals surface area contributed by atoms with E-state index in [0.717, 1.165) is 10.8 Å². The van der Waals surface area contributed by atoms with Crippen LogP contribution in [0, 0.1) is 0 Å². The monoisotopic (exact) mass is 454 g/mol. The van der Waals surface area contributed by atoms with Crippen LogP contribution in [0.25, 0.3) is 10.8 Å². The molecule has 1 amide bonds. The highest BCUT2D eigenvalue weighted by Crippen LogP contribution is 2.20. The summed E-state index contributed by atoms with van der Waals surface area (Å²) in [7, 11) is 1.56. The molecule has 4 aromatic carbocycles. The van der Waals surface area contributed by atoms with Crippen molar-refractivity contribution < 1.29 is 23.8 Å². The van der Waals surface area contributed by atoms with Crippen molar-refractivity contribution in [3.05, 3.63) is 102 Å². The van der Waals surface area contributed by atoms with E-state index in [1.54, 1.807) is 55.6 Å². The van der Waals surface area contributed by atoms with Crippen LogP contribution in [-0.4, -0.2) is 31.8 Å². The van der Waals surface area contributed by atoms with Gasteiger partial charge in [0.05, 0.1) is 18.9 Å². The number of ether oxygens (including phenoxy) is 3. The maximum atomic E-state index is 12.3. The number of esters is 1.